The van der Waals surface area contributed by atoms with Crippen molar-refractivity contribution in [2.45, 2.75) is 38.0 Å². The van der Waals surface area contributed by atoms with Gasteiger partial charge in [-0.05, 0) is 37.0 Å². The Labute approximate surface area is 106 Å². The molecule has 0 heterocycles. The van der Waals surface area contributed by atoms with E-state index in [0.717, 1.165) is 24.8 Å². The molecule has 2 unspecified atom stereocenters. The van der Waals surface area contributed by atoms with E-state index >= 15 is 0 Å². The highest BCUT2D eigenvalue weighted by Gasteiger charge is 2.22. The van der Waals surface area contributed by atoms with Crippen LogP contribution < -0.4 is 5.73 Å². The van der Waals surface area contributed by atoms with E-state index in [-0.39, 0.29) is 6.10 Å². The highest BCUT2D eigenvalue weighted by atomic mass is 35.5. The monoisotopic (exact) mass is 259 g/mol. The summed E-state index contributed by atoms with van der Waals surface area (Å²) in [4.78, 5) is 0. The fourth-order valence-electron chi connectivity index (χ4n) is 1.97. The van der Waals surface area contributed by atoms with Gasteiger partial charge in [-0.25, -0.2) is 0 Å². The normalized spacial score (nSPS) is 24.9. The molecule has 0 radical (unpaired) electrons. The predicted octanol–water partition coefficient (Wildman–Crippen LogP) is 3.39. The minimum absolute atomic E-state index is 0.279. The van der Waals surface area contributed by atoms with Gasteiger partial charge in [0.1, 0.15) is 0 Å². The molecule has 0 amide bonds. The van der Waals surface area contributed by atoms with E-state index in [4.69, 9.17) is 33.7 Å². The van der Waals surface area contributed by atoms with Gasteiger partial charge in [0.05, 0.1) is 12.7 Å². The Balaban J connectivity index is 1.89. The van der Waals surface area contributed by atoms with Crippen LogP contribution >= 0.6 is 23.2 Å². The summed E-state index contributed by atoms with van der Waals surface area (Å²) in [6.07, 6.45) is 3.33. The van der Waals surface area contributed by atoms with Crippen LogP contribution in [0.5, 0.6) is 0 Å². The molecule has 1 aromatic rings. The molecule has 1 aromatic carbocycles. The third-order valence-electron chi connectivity index (χ3n) is 2.91. The van der Waals surface area contributed by atoms with E-state index < -0.39 is 0 Å². The van der Waals surface area contributed by atoms with Crippen LogP contribution in [0.3, 0.4) is 0 Å². The fourth-order valence-corrected chi connectivity index (χ4v) is 2.43. The Morgan fingerprint density at radius 1 is 1.31 bits per heavy atom. The lowest BCUT2D eigenvalue weighted by Gasteiger charge is -2.12. The molecular formula is C12H15Cl2NO. The first-order valence-electron chi connectivity index (χ1n) is 5.46. The predicted molar refractivity (Wildman–Crippen MR) is 66.9 cm³/mol. The van der Waals surface area contributed by atoms with Crippen molar-refractivity contribution >= 4 is 23.2 Å². The molecule has 0 saturated heterocycles. The van der Waals surface area contributed by atoms with Gasteiger partial charge in [-0.1, -0.05) is 29.3 Å². The van der Waals surface area contributed by atoms with E-state index in [1.54, 1.807) is 6.07 Å². The second kappa shape index (κ2) is 5.37. The lowest BCUT2D eigenvalue weighted by molar-refractivity contribution is 0.0449. The van der Waals surface area contributed by atoms with Crippen LogP contribution in [0, 0.1) is 0 Å². The van der Waals surface area contributed by atoms with Crippen molar-refractivity contribution in [2.75, 3.05) is 0 Å². The number of halogens is 2. The average Bonchev–Trinajstić information content (AvgIpc) is 2.63. The molecule has 2 N–H and O–H groups in total. The molecule has 1 saturated carbocycles. The Morgan fingerprint density at radius 3 is 2.75 bits per heavy atom. The minimum atomic E-state index is 0.279. The lowest BCUT2D eigenvalue weighted by atomic mass is 10.2. The Morgan fingerprint density at radius 2 is 2.12 bits per heavy atom. The number of ether oxygens (including phenoxy) is 1. The maximum Gasteiger partial charge on any atom is 0.0735 e. The largest absolute Gasteiger partial charge is 0.373 e. The first-order valence-corrected chi connectivity index (χ1v) is 6.22. The molecule has 0 bridgehead atoms. The number of nitrogens with two attached hydrogens (primary N) is 1. The zero-order chi connectivity index (χ0) is 11.5. The van der Waals surface area contributed by atoms with Crippen molar-refractivity contribution in [2.24, 2.45) is 5.73 Å². The quantitative estimate of drug-likeness (QED) is 0.904. The molecule has 0 aliphatic heterocycles. The first kappa shape index (κ1) is 12.2. The summed E-state index contributed by atoms with van der Waals surface area (Å²) in [5.74, 6) is 0. The third kappa shape index (κ3) is 3.11. The molecule has 88 valence electrons. The zero-order valence-electron chi connectivity index (χ0n) is 8.96. The summed E-state index contributed by atoms with van der Waals surface area (Å²) in [6.45, 7) is 0.535. The highest BCUT2D eigenvalue weighted by molar-refractivity contribution is 6.35. The van der Waals surface area contributed by atoms with Gasteiger partial charge in [0.25, 0.3) is 0 Å². The van der Waals surface area contributed by atoms with Gasteiger partial charge in [0.2, 0.25) is 0 Å². The standard InChI is InChI=1S/C12H15Cl2NO/c13-9-2-1-8(12(14)5-9)7-16-11-4-3-10(15)6-11/h1-2,5,10-11H,3-4,6-7,15H2. The highest BCUT2D eigenvalue weighted by Crippen LogP contribution is 2.25. The minimum Gasteiger partial charge on any atom is -0.373 e. The molecule has 2 rings (SSSR count). The molecule has 4 heteroatoms. The summed E-state index contributed by atoms with van der Waals surface area (Å²) in [7, 11) is 0. The van der Waals surface area contributed by atoms with Crippen LogP contribution in [0.25, 0.3) is 0 Å². The summed E-state index contributed by atoms with van der Waals surface area (Å²) in [5, 5.41) is 1.31. The number of rotatable bonds is 3. The van der Waals surface area contributed by atoms with Gasteiger partial charge in [-0.2, -0.15) is 0 Å². The first-order chi connectivity index (χ1) is 7.65. The van der Waals surface area contributed by atoms with Crippen LogP contribution in [0.15, 0.2) is 18.2 Å². The molecule has 16 heavy (non-hydrogen) atoms. The van der Waals surface area contributed by atoms with E-state index in [1.165, 1.54) is 0 Å². The van der Waals surface area contributed by atoms with E-state index in [2.05, 4.69) is 0 Å². The molecule has 2 nitrogen and oxygen atoms in total. The van der Waals surface area contributed by atoms with Gasteiger partial charge in [0.15, 0.2) is 0 Å². The SMILES string of the molecule is NC1CCC(OCc2ccc(Cl)cc2Cl)C1. The maximum absolute atomic E-state index is 6.05. The summed E-state index contributed by atoms with van der Waals surface area (Å²) in [6, 6.07) is 5.76. The van der Waals surface area contributed by atoms with Crippen LogP contribution in [0.1, 0.15) is 24.8 Å². The van der Waals surface area contributed by atoms with Gasteiger partial charge >= 0.3 is 0 Å². The van der Waals surface area contributed by atoms with Crippen LogP contribution in [-0.2, 0) is 11.3 Å². The molecule has 0 aromatic heterocycles. The fraction of sp³-hybridized carbons (Fsp3) is 0.500. The van der Waals surface area contributed by atoms with E-state index in [1.807, 2.05) is 12.1 Å². The number of hydrogen-bond acceptors (Lipinski definition) is 2. The van der Waals surface area contributed by atoms with Crippen LogP contribution in [0.4, 0.5) is 0 Å². The van der Waals surface area contributed by atoms with E-state index in [9.17, 15) is 0 Å². The van der Waals surface area contributed by atoms with E-state index in [0.29, 0.717) is 22.7 Å². The molecular weight excluding hydrogens is 245 g/mol. The van der Waals surface area contributed by atoms with Crippen molar-refractivity contribution in [1.29, 1.82) is 0 Å². The molecule has 2 atom stereocenters. The van der Waals surface area contributed by atoms with Gasteiger partial charge in [-0.15, -0.1) is 0 Å². The molecule has 0 spiro atoms. The summed E-state index contributed by atoms with van der Waals surface area (Å²) in [5.41, 5.74) is 6.80. The number of benzene rings is 1. The summed E-state index contributed by atoms with van der Waals surface area (Å²) < 4.78 is 5.77. The van der Waals surface area contributed by atoms with Crippen LogP contribution in [0.2, 0.25) is 10.0 Å². The lowest BCUT2D eigenvalue weighted by Crippen LogP contribution is -2.17. The Bertz CT molecular complexity index is 370. The number of hydrogen-bond donors (Lipinski definition) is 1. The third-order valence-corrected chi connectivity index (χ3v) is 3.50. The van der Waals surface area contributed by atoms with Crippen LogP contribution in [-0.4, -0.2) is 12.1 Å². The van der Waals surface area contributed by atoms with Crippen molar-refractivity contribution < 1.29 is 4.74 Å². The molecule has 1 aliphatic carbocycles. The van der Waals surface area contributed by atoms with Crippen molar-refractivity contribution in [3.63, 3.8) is 0 Å². The van der Waals surface area contributed by atoms with Gasteiger partial charge in [-0.3, -0.25) is 0 Å². The average molecular weight is 260 g/mol. The topological polar surface area (TPSA) is 35.2 Å². The van der Waals surface area contributed by atoms with Gasteiger partial charge in [0, 0.05) is 16.1 Å². The maximum atomic E-state index is 6.05. The molecule has 1 aliphatic rings. The van der Waals surface area contributed by atoms with Gasteiger partial charge < -0.3 is 10.5 Å². The summed E-state index contributed by atoms with van der Waals surface area (Å²) >= 11 is 11.9. The zero-order valence-corrected chi connectivity index (χ0v) is 10.5. The van der Waals surface area contributed by atoms with Crippen molar-refractivity contribution in [3.8, 4) is 0 Å². The Hall–Kier alpha value is -0.280. The Kier molecular flexibility index (Phi) is 4.09. The van der Waals surface area contributed by atoms with Crippen molar-refractivity contribution in [3.05, 3.63) is 33.8 Å². The second-order valence-corrected chi connectivity index (χ2v) is 5.09. The molecule has 1 fully saturated rings. The second-order valence-electron chi connectivity index (χ2n) is 4.24. The van der Waals surface area contributed by atoms with Crippen molar-refractivity contribution in [1.82, 2.24) is 0 Å². The smallest absolute Gasteiger partial charge is 0.0735 e.